The molecule has 27 heavy (non-hydrogen) atoms. The third kappa shape index (κ3) is 4.41. The molecule has 0 bridgehead atoms. The molecule has 1 atom stereocenters. The molecule has 3 rings (SSSR count). The number of ether oxygens (including phenoxy) is 3. The van der Waals surface area contributed by atoms with Crippen LogP contribution in [0.3, 0.4) is 0 Å². The Morgan fingerprint density at radius 3 is 2.67 bits per heavy atom. The van der Waals surface area contributed by atoms with Gasteiger partial charge in [0.25, 0.3) is 5.91 Å². The quantitative estimate of drug-likeness (QED) is 0.809. The molecular weight excluding hydrogens is 348 g/mol. The number of nitrogens with one attached hydrogen (secondary N) is 1. The van der Waals surface area contributed by atoms with Crippen molar-refractivity contribution in [3.05, 3.63) is 47.5 Å². The Morgan fingerprint density at radius 1 is 1.15 bits per heavy atom. The van der Waals surface area contributed by atoms with Crippen molar-refractivity contribution < 1.29 is 19.0 Å². The normalized spacial score (nSPS) is 14.9. The first-order valence-electron chi connectivity index (χ1n) is 8.29. The molecule has 8 heteroatoms. The highest BCUT2D eigenvalue weighted by atomic mass is 16.5. The van der Waals surface area contributed by atoms with Gasteiger partial charge in [0.15, 0.2) is 6.61 Å². The molecule has 0 aromatic heterocycles. The van der Waals surface area contributed by atoms with Crippen molar-refractivity contribution in [1.82, 2.24) is 0 Å². The maximum atomic E-state index is 12.3. The van der Waals surface area contributed by atoms with Gasteiger partial charge in [-0.25, -0.2) is 0 Å². The molecule has 0 radical (unpaired) electrons. The van der Waals surface area contributed by atoms with Crippen LogP contribution in [0, 0.1) is 6.92 Å². The van der Waals surface area contributed by atoms with Crippen LogP contribution in [0.2, 0.25) is 0 Å². The molecule has 1 N–H and O–H groups in total. The average Bonchev–Trinajstić information content (AvgIpc) is 3.22. The number of anilines is 1. The summed E-state index contributed by atoms with van der Waals surface area (Å²) in [5.41, 5.74) is 2.33. The van der Waals surface area contributed by atoms with Gasteiger partial charge in [0.2, 0.25) is 0 Å². The standard InChI is InChI=1S/C19H20N4O4/c1-12-7-15(18(26-3)9-17(12)25-2)21-19(24)11-27-14-6-4-5-13(8-14)16-10-20-23-22-16/h4-10,16H,11H2,1-3H3,(H,21,24). The summed E-state index contributed by atoms with van der Waals surface area (Å²) in [7, 11) is 3.12. The number of amides is 1. The van der Waals surface area contributed by atoms with E-state index >= 15 is 0 Å². The van der Waals surface area contributed by atoms with Gasteiger partial charge >= 0.3 is 0 Å². The van der Waals surface area contributed by atoms with E-state index in [4.69, 9.17) is 14.2 Å². The predicted molar refractivity (Wildman–Crippen MR) is 101 cm³/mol. The predicted octanol–water partition coefficient (Wildman–Crippen LogP) is 3.52. The minimum atomic E-state index is -0.301. The summed E-state index contributed by atoms with van der Waals surface area (Å²) < 4.78 is 16.2. The summed E-state index contributed by atoms with van der Waals surface area (Å²) in [6, 6.07) is 10.6. The van der Waals surface area contributed by atoms with E-state index in [1.54, 1.807) is 31.5 Å². The first-order chi connectivity index (χ1) is 13.1. The van der Waals surface area contributed by atoms with Crippen LogP contribution in [-0.2, 0) is 4.79 Å². The largest absolute Gasteiger partial charge is 0.496 e. The van der Waals surface area contributed by atoms with Gasteiger partial charge in [0.05, 0.1) is 26.1 Å². The van der Waals surface area contributed by atoms with Crippen LogP contribution in [0.5, 0.6) is 17.2 Å². The van der Waals surface area contributed by atoms with Crippen molar-refractivity contribution >= 4 is 17.8 Å². The van der Waals surface area contributed by atoms with Crippen molar-refractivity contribution in [3.8, 4) is 17.2 Å². The minimum Gasteiger partial charge on any atom is -0.496 e. The van der Waals surface area contributed by atoms with Gasteiger partial charge < -0.3 is 19.5 Å². The zero-order valence-electron chi connectivity index (χ0n) is 15.3. The number of methoxy groups -OCH3 is 2. The Balaban J connectivity index is 1.63. The van der Waals surface area contributed by atoms with Crippen LogP contribution >= 0.6 is 0 Å². The highest BCUT2D eigenvalue weighted by molar-refractivity contribution is 5.93. The van der Waals surface area contributed by atoms with E-state index < -0.39 is 0 Å². The Labute approximate surface area is 156 Å². The van der Waals surface area contributed by atoms with Gasteiger partial charge in [-0.1, -0.05) is 12.1 Å². The van der Waals surface area contributed by atoms with Gasteiger partial charge in [-0.15, -0.1) is 5.10 Å². The maximum absolute atomic E-state index is 12.3. The highest BCUT2D eigenvalue weighted by Gasteiger charge is 2.14. The molecule has 0 saturated heterocycles. The maximum Gasteiger partial charge on any atom is 0.262 e. The minimum absolute atomic E-state index is 0.141. The first-order valence-corrected chi connectivity index (χ1v) is 8.29. The van der Waals surface area contributed by atoms with Crippen molar-refractivity contribution in [2.75, 3.05) is 26.1 Å². The molecule has 0 saturated carbocycles. The van der Waals surface area contributed by atoms with Gasteiger partial charge in [0, 0.05) is 6.07 Å². The molecule has 1 unspecified atom stereocenters. The molecule has 8 nitrogen and oxygen atoms in total. The second-order valence-corrected chi connectivity index (χ2v) is 5.85. The zero-order valence-corrected chi connectivity index (χ0v) is 15.3. The lowest BCUT2D eigenvalue weighted by Gasteiger charge is -2.14. The molecule has 2 aromatic rings. The molecule has 1 aliphatic heterocycles. The number of carbonyl (C=O) groups is 1. The van der Waals surface area contributed by atoms with Crippen LogP contribution in [0.4, 0.5) is 5.69 Å². The van der Waals surface area contributed by atoms with Crippen LogP contribution < -0.4 is 19.5 Å². The van der Waals surface area contributed by atoms with Gasteiger partial charge in [0.1, 0.15) is 23.3 Å². The zero-order chi connectivity index (χ0) is 19.2. The second kappa shape index (κ2) is 8.31. The lowest BCUT2D eigenvalue weighted by Crippen LogP contribution is -2.20. The lowest BCUT2D eigenvalue weighted by molar-refractivity contribution is -0.118. The topological polar surface area (TPSA) is 93.9 Å². The Kier molecular flexibility index (Phi) is 5.65. The van der Waals surface area contributed by atoms with Crippen molar-refractivity contribution in [2.45, 2.75) is 13.0 Å². The molecular formula is C19H20N4O4. The Hall–Kier alpha value is -3.42. The van der Waals surface area contributed by atoms with E-state index in [-0.39, 0.29) is 18.6 Å². The monoisotopic (exact) mass is 368 g/mol. The van der Waals surface area contributed by atoms with E-state index in [9.17, 15) is 4.79 Å². The van der Waals surface area contributed by atoms with Crippen LogP contribution in [0.1, 0.15) is 17.2 Å². The highest BCUT2D eigenvalue weighted by Crippen LogP contribution is 2.32. The molecule has 0 spiro atoms. The molecule has 0 fully saturated rings. The number of hydrogen-bond donors (Lipinski definition) is 1. The summed E-state index contributed by atoms with van der Waals surface area (Å²) in [6.07, 6.45) is 1.64. The van der Waals surface area contributed by atoms with Gasteiger partial charge in [-0.2, -0.15) is 5.11 Å². The second-order valence-electron chi connectivity index (χ2n) is 5.85. The fourth-order valence-corrected chi connectivity index (χ4v) is 2.64. The van der Waals surface area contributed by atoms with Crippen LogP contribution in [0.25, 0.3) is 0 Å². The number of carbonyl (C=O) groups excluding carboxylic acids is 1. The van der Waals surface area contributed by atoms with E-state index in [1.807, 2.05) is 25.1 Å². The summed E-state index contributed by atoms with van der Waals surface area (Å²) in [6.45, 7) is 1.75. The third-order valence-corrected chi connectivity index (χ3v) is 4.00. The number of benzene rings is 2. The molecule has 1 amide bonds. The van der Waals surface area contributed by atoms with Crippen molar-refractivity contribution in [2.24, 2.45) is 15.4 Å². The number of hydrogen-bond acceptors (Lipinski definition) is 7. The summed E-state index contributed by atoms with van der Waals surface area (Å²) in [5, 5.41) is 14.1. The van der Waals surface area contributed by atoms with Gasteiger partial charge in [-0.05, 0) is 41.5 Å². The lowest BCUT2D eigenvalue weighted by atomic mass is 10.1. The molecule has 0 aliphatic carbocycles. The molecule has 140 valence electrons. The number of nitrogens with zero attached hydrogens (tertiary/aromatic N) is 3. The fourth-order valence-electron chi connectivity index (χ4n) is 2.64. The molecule has 1 heterocycles. The average molecular weight is 368 g/mol. The van der Waals surface area contributed by atoms with E-state index in [2.05, 4.69) is 20.8 Å². The van der Waals surface area contributed by atoms with Crippen LogP contribution in [0.15, 0.2) is 51.8 Å². The number of aryl methyl sites for hydroxylation is 1. The fraction of sp³-hybridized carbons (Fsp3) is 0.263. The SMILES string of the molecule is COc1cc(OC)c(NC(=O)COc2cccc(C3C=NN=N3)c2)cc1C. The molecule has 1 aliphatic rings. The van der Waals surface area contributed by atoms with Crippen molar-refractivity contribution in [3.63, 3.8) is 0 Å². The van der Waals surface area contributed by atoms with E-state index in [0.29, 0.717) is 22.9 Å². The van der Waals surface area contributed by atoms with Crippen molar-refractivity contribution in [1.29, 1.82) is 0 Å². The number of rotatable bonds is 7. The van der Waals surface area contributed by atoms with E-state index in [1.165, 1.54) is 7.11 Å². The Morgan fingerprint density at radius 2 is 1.96 bits per heavy atom. The summed E-state index contributed by atoms with van der Waals surface area (Å²) in [5.74, 6) is 1.46. The molecule has 2 aromatic carbocycles. The summed E-state index contributed by atoms with van der Waals surface area (Å²) in [4.78, 5) is 12.3. The van der Waals surface area contributed by atoms with E-state index in [0.717, 1.165) is 11.1 Å². The smallest absolute Gasteiger partial charge is 0.262 e. The van der Waals surface area contributed by atoms with Crippen LogP contribution in [-0.4, -0.2) is 32.9 Å². The van der Waals surface area contributed by atoms with Gasteiger partial charge in [-0.3, -0.25) is 4.79 Å². The first kappa shape index (κ1) is 18.4. The third-order valence-electron chi connectivity index (χ3n) is 4.00. The summed E-state index contributed by atoms with van der Waals surface area (Å²) >= 11 is 0. The Bertz CT molecular complexity index is 883.